The number of aliphatic carboxylic acids is 1. The van der Waals surface area contributed by atoms with Crippen LogP contribution in [-0.4, -0.2) is 51.8 Å². The second kappa shape index (κ2) is 7.05. The Morgan fingerprint density at radius 2 is 2.14 bits per heavy atom. The van der Waals surface area contributed by atoms with Crippen molar-refractivity contribution in [3.63, 3.8) is 0 Å². The first-order valence-corrected chi connectivity index (χ1v) is 7.08. The van der Waals surface area contributed by atoms with E-state index in [1.54, 1.807) is 11.8 Å². The number of urea groups is 1. The van der Waals surface area contributed by atoms with Gasteiger partial charge in [-0.25, -0.2) is 4.79 Å². The van der Waals surface area contributed by atoms with E-state index in [9.17, 15) is 9.59 Å². The number of carbonyl (C=O) groups is 2. The Morgan fingerprint density at radius 3 is 2.71 bits per heavy atom. The highest BCUT2D eigenvalue weighted by Gasteiger charge is 2.24. The zero-order valence-electron chi connectivity index (χ0n) is 12.0. The fraction of sp³-hybridized carbons (Fsp3) is 0.692. The summed E-state index contributed by atoms with van der Waals surface area (Å²) < 4.78 is 4.85. The smallest absolute Gasteiger partial charge is 0.317 e. The molecule has 0 saturated carbocycles. The normalized spacial score (nSPS) is 16.0. The predicted octanol–water partition coefficient (Wildman–Crippen LogP) is 0.817. The summed E-state index contributed by atoms with van der Waals surface area (Å²) >= 11 is 0. The van der Waals surface area contributed by atoms with Crippen molar-refractivity contribution in [1.29, 1.82) is 0 Å². The van der Waals surface area contributed by atoms with Crippen LogP contribution < -0.4 is 5.32 Å². The number of amides is 2. The highest BCUT2D eigenvalue weighted by molar-refractivity contribution is 5.74. The van der Waals surface area contributed by atoms with Crippen molar-refractivity contribution in [3.8, 4) is 0 Å². The summed E-state index contributed by atoms with van der Waals surface area (Å²) in [5, 5.41) is 15.3. The second-order valence-electron chi connectivity index (χ2n) is 5.24. The number of nitrogens with zero attached hydrogens (tertiary/aromatic N) is 3. The molecule has 2 rings (SSSR count). The number of carboxylic acids is 1. The van der Waals surface area contributed by atoms with Crippen LogP contribution in [0.25, 0.3) is 0 Å². The molecule has 2 amide bonds. The monoisotopic (exact) mass is 296 g/mol. The van der Waals surface area contributed by atoms with Crippen molar-refractivity contribution in [2.75, 3.05) is 19.6 Å². The van der Waals surface area contributed by atoms with Crippen LogP contribution in [0.4, 0.5) is 4.79 Å². The summed E-state index contributed by atoms with van der Waals surface area (Å²) in [7, 11) is 0. The number of hydrogen-bond donors (Lipinski definition) is 2. The average molecular weight is 296 g/mol. The van der Waals surface area contributed by atoms with E-state index in [1.807, 2.05) is 0 Å². The number of rotatable bonds is 5. The lowest BCUT2D eigenvalue weighted by Gasteiger charge is -2.31. The number of likely N-dealkylation sites (tertiary alicyclic amines) is 1. The molecule has 2 heterocycles. The van der Waals surface area contributed by atoms with Crippen LogP contribution in [0.3, 0.4) is 0 Å². The number of aryl methyl sites for hydroxylation is 1. The van der Waals surface area contributed by atoms with Gasteiger partial charge in [0.25, 0.3) is 0 Å². The number of aromatic nitrogens is 2. The molecule has 1 aliphatic rings. The van der Waals surface area contributed by atoms with E-state index >= 15 is 0 Å². The lowest BCUT2D eigenvalue weighted by molar-refractivity contribution is -0.138. The Balaban J connectivity index is 1.66. The SMILES string of the molecule is Cc1nc(CCNC(=O)N2CCC(CC(=O)O)CC2)no1. The Labute approximate surface area is 122 Å². The molecule has 0 unspecified atom stereocenters. The molecule has 8 heteroatoms. The van der Waals surface area contributed by atoms with Gasteiger partial charge in [0.05, 0.1) is 0 Å². The molecule has 0 aromatic carbocycles. The minimum absolute atomic E-state index is 0.121. The summed E-state index contributed by atoms with van der Waals surface area (Å²) in [6.45, 7) is 3.37. The molecular formula is C13H20N4O4. The molecule has 1 aromatic heterocycles. The summed E-state index contributed by atoms with van der Waals surface area (Å²) in [6.07, 6.45) is 2.19. The van der Waals surface area contributed by atoms with Gasteiger partial charge < -0.3 is 19.8 Å². The van der Waals surface area contributed by atoms with Crippen LogP contribution in [0, 0.1) is 12.8 Å². The summed E-state index contributed by atoms with van der Waals surface area (Å²) in [5.41, 5.74) is 0. The van der Waals surface area contributed by atoms with Crippen LogP contribution in [0.15, 0.2) is 4.52 Å². The van der Waals surface area contributed by atoms with E-state index in [0.717, 1.165) is 12.8 Å². The molecule has 0 atom stereocenters. The van der Waals surface area contributed by atoms with Gasteiger partial charge in [0.2, 0.25) is 5.89 Å². The molecule has 1 saturated heterocycles. The minimum atomic E-state index is -0.770. The standard InChI is InChI=1S/C13H20N4O4/c1-9-15-11(16-21-9)2-5-14-13(20)17-6-3-10(4-7-17)8-12(18)19/h10H,2-8H2,1H3,(H,14,20)(H,18,19). The molecule has 21 heavy (non-hydrogen) atoms. The molecule has 1 aromatic rings. The number of piperidine rings is 1. The fourth-order valence-corrected chi connectivity index (χ4v) is 2.42. The number of hydrogen-bond acceptors (Lipinski definition) is 5. The average Bonchev–Trinajstić information content (AvgIpc) is 2.84. The highest BCUT2D eigenvalue weighted by Crippen LogP contribution is 2.20. The lowest BCUT2D eigenvalue weighted by atomic mass is 9.94. The Bertz CT molecular complexity index is 494. The van der Waals surface area contributed by atoms with Crippen LogP contribution in [-0.2, 0) is 11.2 Å². The van der Waals surface area contributed by atoms with Gasteiger partial charge in [-0.3, -0.25) is 4.79 Å². The third-order valence-corrected chi connectivity index (χ3v) is 3.56. The third kappa shape index (κ3) is 4.73. The van der Waals surface area contributed by atoms with Crippen LogP contribution in [0.5, 0.6) is 0 Å². The topological polar surface area (TPSA) is 109 Å². The Kier molecular flexibility index (Phi) is 5.13. The maximum Gasteiger partial charge on any atom is 0.317 e. The predicted molar refractivity (Wildman–Crippen MR) is 72.7 cm³/mol. The molecule has 1 aliphatic heterocycles. The van der Waals surface area contributed by atoms with Crippen molar-refractivity contribution in [3.05, 3.63) is 11.7 Å². The largest absolute Gasteiger partial charge is 0.481 e. The Morgan fingerprint density at radius 1 is 1.43 bits per heavy atom. The summed E-state index contributed by atoms with van der Waals surface area (Å²) in [5.74, 6) is 0.493. The van der Waals surface area contributed by atoms with Crippen molar-refractivity contribution in [2.24, 2.45) is 5.92 Å². The highest BCUT2D eigenvalue weighted by atomic mass is 16.5. The van der Waals surface area contributed by atoms with Crippen molar-refractivity contribution >= 4 is 12.0 Å². The maximum atomic E-state index is 12.0. The van der Waals surface area contributed by atoms with E-state index in [1.165, 1.54) is 0 Å². The second-order valence-corrected chi connectivity index (χ2v) is 5.24. The van der Waals surface area contributed by atoms with E-state index in [4.69, 9.17) is 9.63 Å². The van der Waals surface area contributed by atoms with Crippen molar-refractivity contribution in [2.45, 2.75) is 32.6 Å². The molecule has 0 bridgehead atoms. The molecule has 0 aliphatic carbocycles. The molecular weight excluding hydrogens is 276 g/mol. The van der Waals surface area contributed by atoms with Crippen molar-refractivity contribution < 1.29 is 19.2 Å². The van der Waals surface area contributed by atoms with E-state index in [0.29, 0.717) is 37.8 Å². The zero-order chi connectivity index (χ0) is 15.2. The number of nitrogens with one attached hydrogen (secondary N) is 1. The van der Waals surface area contributed by atoms with E-state index in [-0.39, 0.29) is 18.4 Å². The van der Waals surface area contributed by atoms with E-state index in [2.05, 4.69) is 15.5 Å². The third-order valence-electron chi connectivity index (χ3n) is 3.56. The number of carboxylic acid groups (broad SMARTS) is 1. The maximum absolute atomic E-state index is 12.0. The van der Waals surface area contributed by atoms with Crippen LogP contribution >= 0.6 is 0 Å². The quantitative estimate of drug-likeness (QED) is 0.832. The first kappa shape index (κ1) is 15.3. The molecule has 1 fully saturated rings. The molecule has 0 radical (unpaired) electrons. The van der Waals surface area contributed by atoms with Gasteiger partial charge in [-0.1, -0.05) is 5.16 Å². The van der Waals surface area contributed by atoms with E-state index < -0.39 is 5.97 Å². The molecule has 0 spiro atoms. The molecule has 116 valence electrons. The van der Waals surface area contributed by atoms with Crippen molar-refractivity contribution in [1.82, 2.24) is 20.4 Å². The van der Waals surface area contributed by atoms with Gasteiger partial charge in [-0.15, -0.1) is 0 Å². The fourth-order valence-electron chi connectivity index (χ4n) is 2.42. The summed E-state index contributed by atoms with van der Waals surface area (Å²) in [4.78, 5) is 28.4. The van der Waals surface area contributed by atoms with Gasteiger partial charge in [0.15, 0.2) is 5.82 Å². The first-order chi connectivity index (χ1) is 10.0. The lowest BCUT2D eigenvalue weighted by Crippen LogP contribution is -2.45. The molecule has 2 N–H and O–H groups in total. The first-order valence-electron chi connectivity index (χ1n) is 7.08. The summed E-state index contributed by atoms with van der Waals surface area (Å²) in [6, 6.07) is -0.121. The van der Waals surface area contributed by atoms with Gasteiger partial charge in [-0.2, -0.15) is 4.98 Å². The van der Waals surface area contributed by atoms with Gasteiger partial charge in [0.1, 0.15) is 0 Å². The van der Waals surface area contributed by atoms with Crippen LogP contribution in [0.1, 0.15) is 31.0 Å². The van der Waals surface area contributed by atoms with Crippen LogP contribution in [0.2, 0.25) is 0 Å². The minimum Gasteiger partial charge on any atom is -0.481 e. The zero-order valence-corrected chi connectivity index (χ0v) is 12.0. The van der Waals surface area contributed by atoms with Gasteiger partial charge in [-0.05, 0) is 18.8 Å². The molecule has 8 nitrogen and oxygen atoms in total. The number of carbonyl (C=O) groups excluding carboxylic acids is 1. The van der Waals surface area contributed by atoms with Gasteiger partial charge in [0, 0.05) is 39.4 Å². The van der Waals surface area contributed by atoms with Gasteiger partial charge >= 0.3 is 12.0 Å². The Hall–Kier alpha value is -2.12.